The Morgan fingerprint density at radius 2 is 1.68 bits per heavy atom. The Bertz CT molecular complexity index is 827. The number of benzene rings is 1. The zero-order chi connectivity index (χ0) is 20.9. The molecular formula is C18H25N3O6S. The number of hydrogen-bond donors (Lipinski definition) is 2. The second kappa shape index (κ2) is 9.16. The standard InChI is InChI=1S/C18H25N3O6S/c1-12-8-13(2)10-21(9-12)28(25,26)15-6-4-14(5-7-15)17(23)27-11-16(22)20-18(24)19-3/h4-7,12-13H,8-11H2,1-3H3,(H2,19,20,22,24)/t12-,13-/m0/s1. The molecule has 1 aliphatic rings. The zero-order valence-corrected chi connectivity index (χ0v) is 16.9. The summed E-state index contributed by atoms with van der Waals surface area (Å²) in [6.45, 7) is 4.36. The van der Waals surface area contributed by atoms with E-state index in [-0.39, 0.29) is 22.3 Å². The molecule has 154 valence electrons. The zero-order valence-electron chi connectivity index (χ0n) is 16.1. The number of rotatable bonds is 5. The number of urea groups is 1. The number of carbonyl (C=O) groups excluding carboxylic acids is 3. The number of esters is 1. The van der Waals surface area contributed by atoms with Crippen LogP contribution in [0.4, 0.5) is 4.79 Å². The van der Waals surface area contributed by atoms with Crippen molar-refractivity contribution in [3.05, 3.63) is 29.8 Å². The normalized spacial score (nSPS) is 20.2. The number of piperidine rings is 1. The molecule has 1 saturated heterocycles. The van der Waals surface area contributed by atoms with E-state index in [2.05, 4.69) is 5.32 Å². The number of sulfonamides is 1. The highest BCUT2D eigenvalue weighted by Gasteiger charge is 2.31. The van der Waals surface area contributed by atoms with Gasteiger partial charge in [-0.1, -0.05) is 13.8 Å². The molecule has 1 aliphatic heterocycles. The summed E-state index contributed by atoms with van der Waals surface area (Å²) in [5.41, 5.74) is 0.104. The molecule has 1 fully saturated rings. The number of amides is 3. The number of nitrogens with zero attached hydrogens (tertiary/aromatic N) is 1. The maximum atomic E-state index is 12.8. The van der Waals surface area contributed by atoms with Gasteiger partial charge in [0.25, 0.3) is 5.91 Å². The monoisotopic (exact) mass is 411 g/mol. The third kappa shape index (κ3) is 5.52. The lowest BCUT2D eigenvalue weighted by atomic mass is 9.94. The van der Waals surface area contributed by atoms with Crippen LogP contribution in [0.2, 0.25) is 0 Å². The van der Waals surface area contributed by atoms with Crippen LogP contribution < -0.4 is 10.6 Å². The van der Waals surface area contributed by atoms with Crippen molar-refractivity contribution in [2.24, 2.45) is 11.8 Å². The number of nitrogens with one attached hydrogen (secondary N) is 2. The van der Waals surface area contributed by atoms with Crippen LogP contribution in [0.25, 0.3) is 0 Å². The molecule has 2 rings (SSSR count). The number of carbonyl (C=O) groups is 3. The summed E-state index contributed by atoms with van der Waals surface area (Å²) in [6.07, 6.45) is 0.990. The van der Waals surface area contributed by atoms with Gasteiger partial charge in [0.15, 0.2) is 6.61 Å². The molecule has 0 radical (unpaired) electrons. The summed E-state index contributed by atoms with van der Waals surface area (Å²) in [4.78, 5) is 34.5. The molecule has 3 amide bonds. The van der Waals surface area contributed by atoms with Gasteiger partial charge in [0.1, 0.15) is 0 Å². The van der Waals surface area contributed by atoms with Crippen molar-refractivity contribution in [1.29, 1.82) is 0 Å². The van der Waals surface area contributed by atoms with E-state index in [4.69, 9.17) is 4.74 Å². The van der Waals surface area contributed by atoms with Gasteiger partial charge in [-0.05, 0) is 42.5 Å². The molecule has 1 aromatic carbocycles. The Kier molecular flexibility index (Phi) is 7.14. The minimum Gasteiger partial charge on any atom is -0.452 e. The van der Waals surface area contributed by atoms with Crippen molar-refractivity contribution in [2.75, 3.05) is 26.7 Å². The second-order valence-corrected chi connectivity index (χ2v) is 8.93. The van der Waals surface area contributed by atoms with Crippen LogP contribution in [0, 0.1) is 11.8 Å². The summed E-state index contributed by atoms with van der Waals surface area (Å²) >= 11 is 0. The highest BCUT2D eigenvalue weighted by Crippen LogP contribution is 2.26. The molecule has 1 aromatic rings. The quantitative estimate of drug-likeness (QED) is 0.696. The third-order valence-corrected chi connectivity index (χ3v) is 6.22. The van der Waals surface area contributed by atoms with Crippen LogP contribution in [0.1, 0.15) is 30.6 Å². The van der Waals surface area contributed by atoms with Crippen molar-refractivity contribution >= 4 is 27.9 Å². The van der Waals surface area contributed by atoms with E-state index in [0.29, 0.717) is 13.1 Å². The number of imide groups is 1. The van der Waals surface area contributed by atoms with E-state index in [1.54, 1.807) is 0 Å². The van der Waals surface area contributed by atoms with Gasteiger partial charge in [-0.15, -0.1) is 0 Å². The summed E-state index contributed by atoms with van der Waals surface area (Å²) in [5, 5.41) is 4.15. The van der Waals surface area contributed by atoms with Crippen LogP contribution in [0.15, 0.2) is 29.2 Å². The molecule has 2 atom stereocenters. The van der Waals surface area contributed by atoms with E-state index < -0.39 is 34.5 Å². The first-order valence-corrected chi connectivity index (χ1v) is 10.4. The van der Waals surface area contributed by atoms with Crippen molar-refractivity contribution in [2.45, 2.75) is 25.2 Å². The fraction of sp³-hybridized carbons (Fsp3) is 0.500. The first-order valence-electron chi connectivity index (χ1n) is 8.92. The van der Waals surface area contributed by atoms with Gasteiger partial charge in [0, 0.05) is 20.1 Å². The van der Waals surface area contributed by atoms with Crippen LogP contribution >= 0.6 is 0 Å². The fourth-order valence-corrected chi connectivity index (χ4v) is 4.83. The van der Waals surface area contributed by atoms with Gasteiger partial charge in [-0.2, -0.15) is 4.31 Å². The summed E-state index contributed by atoms with van der Waals surface area (Å²) < 4.78 is 31.9. The Morgan fingerprint density at radius 1 is 1.11 bits per heavy atom. The van der Waals surface area contributed by atoms with Crippen molar-refractivity contribution in [3.63, 3.8) is 0 Å². The minimum absolute atomic E-state index is 0.0997. The number of hydrogen-bond acceptors (Lipinski definition) is 6. The molecule has 0 spiro atoms. The van der Waals surface area contributed by atoms with Crippen LogP contribution in [0.5, 0.6) is 0 Å². The second-order valence-electron chi connectivity index (χ2n) is 7.00. The molecule has 0 unspecified atom stereocenters. The van der Waals surface area contributed by atoms with Crippen LogP contribution in [-0.2, 0) is 19.6 Å². The average Bonchev–Trinajstić information content (AvgIpc) is 2.65. The molecule has 0 saturated carbocycles. The first kappa shape index (κ1) is 21.8. The molecule has 0 aromatic heterocycles. The molecule has 10 heteroatoms. The van der Waals surface area contributed by atoms with Crippen molar-refractivity contribution in [3.8, 4) is 0 Å². The SMILES string of the molecule is CNC(=O)NC(=O)COC(=O)c1ccc(S(=O)(=O)N2C[C@@H](C)C[C@H](C)C2)cc1. The molecular weight excluding hydrogens is 386 g/mol. The molecule has 28 heavy (non-hydrogen) atoms. The third-order valence-electron chi connectivity index (χ3n) is 4.38. The Balaban J connectivity index is 2.01. The Labute approximate surface area is 164 Å². The van der Waals surface area contributed by atoms with Gasteiger partial charge in [0.05, 0.1) is 10.5 Å². The molecule has 0 aliphatic carbocycles. The Hall–Kier alpha value is -2.46. The van der Waals surface area contributed by atoms with Gasteiger partial charge >= 0.3 is 12.0 Å². The summed E-state index contributed by atoms with van der Waals surface area (Å²) in [7, 11) is -2.30. The largest absolute Gasteiger partial charge is 0.452 e. The van der Waals surface area contributed by atoms with E-state index in [1.807, 2.05) is 19.2 Å². The van der Waals surface area contributed by atoms with Crippen LogP contribution in [0.3, 0.4) is 0 Å². The lowest BCUT2D eigenvalue weighted by Crippen LogP contribution is -2.42. The van der Waals surface area contributed by atoms with Crippen molar-refractivity contribution < 1.29 is 27.5 Å². The minimum atomic E-state index is -3.64. The number of ether oxygens (including phenoxy) is 1. The molecule has 9 nitrogen and oxygen atoms in total. The van der Waals surface area contributed by atoms with E-state index in [1.165, 1.54) is 35.6 Å². The smallest absolute Gasteiger partial charge is 0.338 e. The molecule has 0 bridgehead atoms. The molecule has 1 heterocycles. The van der Waals surface area contributed by atoms with Crippen molar-refractivity contribution in [1.82, 2.24) is 14.9 Å². The van der Waals surface area contributed by atoms with Crippen LogP contribution in [-0.4, -0.2) is 57.4 Å². The maximum Gasteiger partial charge on any atom is 0.338 e. The van der Waals surface area contributed by atoms with E-state index >= 15 is 0 Å². The average molecular weight is 411 g/mol. The fourth-order valence-electron chi connectivity index (χ4n) is 3.15. The maximum absolute atomic E-state index is 12.8. The highest BCUT2D eigenvalue weighted by molar-refractivity contribution is 7.89. The predicted molar refractivity (Wildman–Crippen MR) is 101 cm³/mol. The van der Waals surface area contributed by atoms with Gasteiger partial charge < -0.3 is 10.1 Å². The first-order chi connectivity index (χ1) is 13.1. The summed E-state index contributed by atoms with van der Waals surface area (Å²) in [5.74, 6) is -1.00. The van der Waals surface area contributed by atoms with Gasteiger partial charge in [0.2, 0.25) is 10.0 Å². The van der Waals surface area contributed by atoms with Gasteiger partial charge in [-0.25, -0.2) is 18.0 Å². The topological polar surface area (TPSA) is 122 Å². The lowest BCUT2D eigenvalue weighted by molar-refractivity contribution is -0.123. The summed E-state index contributed by atoms with van der Waals surface area (Å²) in [6, 6.07) is 4.66. The van der Waals surface area contributed by atoms with E-state index in [9.17, 15) is 22.8 Å². The predicted octanol–water partition coefficient (Wildman–Crippen LogP) is 0.966. The highest BCUT2D eigenvalue weighted by atomic mass is 32.2. The van der Waals surface area contributed by atoms with Gasteiger partial charge in [-0.3, -0.25) is 10.1 Å². The van der Waals surface area contributed by atoms with E-state index in [0.717, 1.165) is 6.42 Å². The molecule has 2 N–H and O–H groups in total. The Morgan fingerprint density at radius 3 is 2.21 bits per heavy atom. The lowest BCUT2D eigenvalue weighted by Gasteiger charge is -2.34.